The first kappa shape index (κ1) is 17.6. The average molecular weight is 376 g/mol. The molecule has 0 aliphatic rings. The van der Waals surface area contributed by atoms with Gasteiger partial charge in [-0.1, -0.05) is 42.0 Å². The number of anilines is 1. The zero-order chi connectivity index (χ0) is 17.0. The van der Waals surface area contributed by atoms with Gasteiger partial charge in [-0.15, -0.1) is 10.2 Å². The molecule has 1 heterocycles. The van der Waals surface area contributed by atoms with E-state index in [4.69, 9.17) is 16.3 Å². The van der Waals surface area contributed by atoms with Gasteiger partial charge in [0.15, 0.2) is 6.10 Å². The van der Waals surface area contributed by atoms with Crippen LogP contribution in [0.3, 0.4) is 0 Å². The molecule has 2 rings (SSSR count). The Bertz CT molecular complexity index is 807. The molecule has 1 aromatic carbocycles. The van der Waals surface area contributed by atoms with E-state index < -0.39 is 21.8 Å². The molecule has 0 aliphatic carbocycles. The first-order chi connectivity index (χ1) is 10.8. The second-order valence-corrected chi connectivity index (χ2v) is 8.29. The molecule has 0 aliphatic heterocycles. The van der Waals surface area contributed by atoms with Crippen molar-refractivity contribution in [3.8, 4) is 5.75 Å². The molecule has 0 spiro atoms. The van der Waals surface area contributed by atoms with Crippen molar-refractivity contribution >= 4 is 43.8 Å². The van der Waals surface area contributed by atoms with E-state index in [2.05, 4.69) is 15.5 Å². The number of nitrogens with zero attached hydrogens (tertiary/aromatic N) is 2. The van der Waals surface area contributed by atoms with Crippen molar-refractivity contribution in [3.05, 3.63) is 29.3 Å². The summed E-state index contributed by atoms with van der Waals surface area (Å²) in [7, 11) is -3.44. The number of ether oxygens (including phenoxy) is 1. The molecule has 124 valence electrons. The Morgan fingerprint density at radius 2 is 2.09 bits per heavy atom. The lowest BCUT2D eigenvalue weighted by atomic mass is 10.3. The molecule has 2 aromatic rings. The molecule has 0 saturated carbocycles. The van der Waals surface area contributed by atoms with Gasteiger partial charge in [-0.2, -0.15) is 0 Å². The standard InChI is InChI=1S/C13H14ClN3O4S2/c1-3-23(19,20)13-17-16-12(22-13)15-11(18)8(2)21-10-7-5-4-6-9(10)14/h4-8H,3H2,1-2H3,(H,15,16,18)/t8-/m1/s1. The third-order valence-electron chi connectivity index (χ3n) is 2.79. The van der Waals surface area contributed by atoms with Crippen molar-refractivity contribution in [2.45, 2.75) is 24.3 Å². The van der Waals surface area contributed by atoms with Crippen LogP contribution < -0.4 is 10.1 Å². The number of carbonyl (C=O) groups excluding carboxylic acids is 1. The fourth-order valence-corrected chi connectivity index (χ4v) is 3.67. The highest BCUT2D eigenvalue weighted by molar-refractivity contribution is 7.93. The van der Waals surface area contributed by atoms with Crippen LogP contribution in [-0.2, 0) is 14.6 Å². The number of halogens is 1. The van der Waals surface area contributed by atoms with E-state index in [0.29, 0.717) is 10.8 Å². The number of hydrogen-bond acceptors (Lipinski definition) is 7. The van der Waals surface area contributed by atoms with Crippen LogP contribution in [0.15, 0.2) is 28.6 Å². The summed E-state index contributed by atoms with van der Waals surface area (Å²) < 4.78 is 28.7. The number of nitrogens with one attached hydrogen (secondary N) is 1. The highest BCUT2D eigenvalue weighted by atomic mass is 35.5. The van der Waals surface area contributed by atoms with Gasteiger partial charge >= 0.3 is 0 Å². The Morgan fingerprint density at radius 3 is 2.74 bits per heavy atom. The van der Waals surface area contributed by atoms with E-state index in [9.17, 15) is 13.2 Å². The van der Waals surface area contributed by atoms with Crippen molar-refractivity contribution < 1.29 is 17.9 Å². The van der Waals surface area contributed by atoms with Crippen LogP contribution in [0.5, 0.6) is 5.75 Å². The molecule has 7 nitrogen and oxygen atoms in total. The minimum Gasteiger partial charge on any atom is -0.479 e. The third kappa shape index (κ3) is 4.40. The molecule has 0 unspecified atom stereocenters. The Labute approximate surface area is 142 Å². The van der Waals surface area contributed by atoms with Gasteiger partial charge in [0.1, 0.15) is 5.75 Å². The van der Waals surface area contributed by atoms with E-state index in [-0.39, 0.29) is 15.2 Å². The smallest absolute Gasteiger partial charge is 0.266 e. The molecule has 0 bridgehead atoms. The van der Waals surface area contributed by atoms with Gasteiger partial charge in [-0.05, 0) is 19.1 Å². The summed E-state index contributed by atoms with van der Waals surface area (Å²) in [5, 5.41) is 10.2. The Morgan fingerprint density at radius 1 is 1.39 bits per heavy atom. The SMILES string of the molecule is CCS(=O)(=O)c1nnc(NC(=O)[C@@H](C)Oc2ccccc2Cl)s1. The molecule has 10 heteroatoms. The molecular formula is C13H14ClN3O4S2. The van der Waals surface area contributed by atoms with Crippen LogP contribution in [0.1, 0.15) is 13.8 Å². The zero-order valence-electron chi connectivity index (χ0n) is 12.3. The maximum Gasteiger partial charge on any atom is 0.266 e. The first-order valence-electron chi connectivity index (χ1n) is 6.62. The topological polar surface area (TPSA) is 98.3 Å². The lowest BCUT2D eigenvalue weighted by Crippen LogP contribution is -2.30. The van der Waals surface area contributed by atoms with Gasteiger partial charge in [0.25, 0.3) is 5.91 Å². The number of hydrogen-bond donors (Lipinski definition) is 1. The minimum atomic E-state index is -3.44. The predicted molar refractivity (Wildman–Crippen MR) is 87.8 cm³/mol. The van der Waals surface area contributed by atoms with Gasteiger partial charge in [0.05, 0.1) is 10.8 Å². The lowest BCUT2D eigenvalue weighted by molar-refractivity contribution is -0.122. The Kier molecular flexibility index (Phi) is 5.55. The van der Waals surface area contributed by atoms with Gasteiger partial charge in [-0.25, -0.2) is 8.42 Å². The van der Waals surface area contributed by atoms with Crippen molar-refractivity contribution in [2.75, 3.05) is 11.1 Å². The monoisotopic (exact) mass is 375 g/mol. The van der Waals surface area contributed by atoms with Crippen LogP contribution in [-0.4, -0.2) is 36.4 Å². The predicted octanol–water partition coefficient (Wildman–Crippen LogP) is 2.39. The molecule has 23 heavy (non-hydrogen) atoms. The van der Waals surface area contributed by atoms with Crippen molar-refractivity contribution in [3.63, 3.8) is 0 Å². The van der Waals surface area contributed by atoms with E-state index in [1.807, 2.05) is 0 Å². The number of para-hydroxylation sites is 1. The first-order valence-corrected chi connectivity index (χ1v) is 9.46. The average Bonchev–Trinajstić information content (AvgIpc) is 2.98. The van der Waals surface area contributed by atoms with Crippen LogP contribution in [0.25, 0.3) is 0 Å². The molecule has 1 atom stereocenters. The number of amides is 1. The molecule has 1 aromatic heterocycles. The van der Waals surface area contributed by atoms with Crippen molar-refractivity contribution in [1.29, 1.82) is 0 Å². The maximum absolute atomic E-state index is 12.1. The number of aromatic nitrogens is 2. The van der Waals surface area contributed by atoms with Gasteiger partial charge < -0.3 is 4.74 Å². The van der Waals surface area contributed by atoms with Crippen LogP contribution in [0.4, 0.5) is 5.13 Å². The van der Waals surface area contributed by atoms with Gasteiger partial charge in [0, 0.05) is 0 Å². The zero-order valence-corrected chi connectivity index (χ0v) is 14.7. The van der Waals surface area contributed by atoms with Crippen LogP contribution in [0.2, 0.25) is 5.02 Å². The summed E-state index contributed by atoms with van der Waals surface area (Å²) in [6, 6.07) is 6.77. The molecule has 1 amide bonds. The molecule has 1 N–H and O–H groups in total. The van der Waals surface area contributed by atoms with E-state index >= 15 is 0 Å². The van der Waals surface area contributed by atoms with Gasteiger partial charge in [0.2, 0.25) is 19.3 Å². The summed E-state index contributed by atoms with van der Waals surface area (Å²) in [4.78, 5) is 12.1. The summed E-state index contributed by atoms with van der Waals surface area (Å²) in [5.41, 5.74) is 0. The minimum absolute atomic E-state index is 0.0817. The quantitative estimate of drug-likeness (QED) is 0.778. The number of benzene rings is 1. The molecule has 0 fully saturated rings. The van der Waals surface area contributed by atoms with E-state index in [1.165, 1.54) is 6.92 Å². The van der Waals surface area contributed by atoms with Crippen molar-refractivity contribution in [2.24, 2.45) is 0 Å². The second kappa shape index (κ2) is 7.24. The number of carbonyl (C=O) groups is 1. The number of rotatable bonds is 6. The van der Waals surface area contributed by atoms with Gasteiger partial charge in [-0.3, -0.25) is 10.1 Å². The summed E-state index contributed by atoms with van der Waals surface area (Å²) in [6.45, 7) is 3.05. The van der Waals surface area contributed by atoms with Crippen LogP contribution >= 0.6 is 22.9 Å². The molecular weight excluding hydrogens is 362 g/mol. The van der Waals surface area contributed by atoms with E-state index in [0.717, 1.165) is 11.3 Å². The summed E-state index contributed by atoms with van der Waals surface area (Å²) >= 11 is 6.75. The Balaban J connectivity index is 2.03. The normalized spacial score (nSPS) is 12.7. The third-order valence-corrected chi connectivity index (χ3v) is 6.12. The fraction of sp³-hybridized carbons (Fsp3) is 0.308. The molecule has 0 radical (unpaired) electrons. The highest BCUT2D eigenvalue weighted by Gasteiger charge is 2.21. The number of sulfone groups is 1. The molecule has 0 saturated heterocycles. The Hall–Kier alpha value is -1.71. The highest BCUT2D eigenvalue weighted by Crippen LogP contribution is 2.25. The van der Waals surface area contributed by atoms with Crippen molar-refractivity contribution in [1.82, 2.24) is 10.2 Å². The summed E-state index contributed by atoms with van der Waals surface area (Å²) in [6.07, 6.45) is -0.843. The second-order valence-electron chi connectivity index (χ2n) is 4.46. The van der Waals surface area contributed by atoms with Crippen LogP contribution in [0, 0.1) is 0 Å². The fourth-order valence-electron chi connectivity index (χ4n) is 1.50. The largest absolute Gasteiger partial charge is 0.479 e. The maximum atomic E-state index is 12.1. The summed E-state index contributed by atoms with van der Waals surface area (Å²) in [5.74, 6) is -0.188. The lowest BCUT2D eigenvalue weighted by Gasteiger charge is -2.14. The van der Waals surface area contributed by atoms with E-state index in [1.54, 1.807) is 31.2 Å².